The summed E-state index contributed by atoms with van der Waals surface area (Å²) >= 11 is 0. The van der Waals surface area contributed by atoms with E-state index < -0.39 is 18.0 Å². The SMILES string of the molecule is COc1cc2c(cc1NC(=O)C(C)OC(=O)c1ccco1)oc1ccccc12. The Hall–Kier alpha value is -3.74. The summed E-state index contributed by atoms with van der Waals surface area (Å²) < 4.78 is 21.4. The molecule has 0 radical (unpaired) electrons. The van der Waals surface area contributed by atoms with Crippen LogP contribution in [0.25, 0.3) is 21.9 Å². The molecule has 2 aromatic heterocycles. The third-order valence-corrected chi connectivity index (χ3v) is 4.33. The van der Waals surface area contributed by atoms with Gasteiger partial charge in [0.2, 0.25) is 5.76 Å². The van der Waals surface area contributed by atoms with Crippen molar-refractivity contribution in [2.24, 2.45) is 0 Å². The minimum atomic E-state index is -1.03. The van der Waals surface area contributed by atoms with Crippen LogP contribution in [0.3, 0.4) is 0 Å². The van der Waals surface area contributed by atoms with E-state index in [9.17, 15) is 9.59 Å². The molecule has 0 fully saturated rings. The molecule has 142 valence electrons. The van der Waals surface area contributed by atoms with Crippen molar-refractivity contribution in [3.8, 4) is 5.75 Å². The lowest BCUT2D eigenvalue weighted by molar-refractivity contribution is -0.123. The molecule has 28 heavy (non-hydrogen) atoms. The van der Waals surface area contributed by atoms with E-state index in [4.69, 9.17) is 18.3 Å². The summed E-state index contributed by atoms with van der Waals surface area (Å²) in [6.07, 6.45) is 0.322. The fourth-order valence-electron chi connectivity index (χ4n) is 2.92. The molecule has 2 heterocycles. The number of rotatable bonds is 5. The Balaban J connectivity index is 1.58. The van der Waals surface area contributed by atoms with Crippen molar-refractivity contribution in [2.75, 3.05) is 12.4 Å². The fraction of sp³-hybridized carbons (Fsp3) is 0.143. The molecule has 0 spiro atoms. The Kier molecular flexibility index (Phi) is 4.49. The molecule has 1 amide bonds. The normalized spacial score (nSPS) is 12.1. The molecular formula is C21H17NO6. The summed E-state index contributed by atoms with van der Waals surface area (Å²) in [5, 5.41) is 4.55. The largest absolute Gasteiger partial charge is 0.495 e. The highest BCUT2D eigenvalue weighted by Crippen LogP contribution is 2.36. The number of benzene rings is 2. The number of furan rings is 2. The van der Waals surface area contributed by atoms with Crippen LogP contribution in [-0.4, -0.2) is 25.1 Å². The van der Waals surface area contributed by atoms with Crippen LogP contribution in [0.4, 0.5) is 5.69 Å². The van der Waals surface area contributed by atoms with Crippen LogP contribution in [0.2, 0.25) is 0 Å². The topological polar surface area (TPSA) is 90.9 Å². The van der Waals surface area contributed by atoms with Crippen LogP contribution in [-0.2, 0) is 9.53 Å². The smallest absolute Gasteiger partial charge is 0.374 e. The first-order valence-corrected chi connectivity index (χ1v) is 8.61. The quantitative estimate of drug-likeness (QED) is 0.518. The number of fused-ring (bicyclic) bond motifs is 3. The van der Waals surface area contributed by atoms with Gasteiger partial charge in [0.05, 0.1) is 19.1 Å². The Labute approximate surface area is 159 Å². The average Bonchev–Trinajstić information content (AvgIpc) is 3.35. The van der Waals surface area contributed by atoms with E-state index in [0.717, 1.165) is 16.4 Å². The predicted molar refractivity (Wildman–Crippen MR) is 102 cm³/mol. The van der Waals surface area contributed by atoms with Crippen LogP contribution in [0, 0.1) is 0 Å². The zero-order valence-electron chi connectivity index (χ0n) is 15.2. The number of anilines is 1. The monoisotopic (exact) mass is 379 g/mol. The molecule has 7 nitrogen and oxygen atoms in total. The van der Waals surface area contributed by atoms with E-state index in [0.29, 0.717) is 17.0 Å². The molecule has 7 heteroatoms. The number of esters is 1. The van der Waals surface area contributed by atoms with Crippen LogP contribution in [0.1, 0.15) is 17.5 Å². The molecular weight excluding hydrogens is 362 g/mol. The van der Waals surface area contributed by atoms with Gasteiger partial charge in [-0.05, 0) is 31.2 Å². The number of amides is 1. The van der Waals surface area contributed by atoms with E-state index in [1.54, 1.807) is 18.2 Å². The van der Waals surface area contributed by atoms with Crippen LogP contribution >= 0.6 is 0 Å². The average molecular weight is 379 g/mol. The van der Waals surface area contributed by atoms with Gasteiger partial charge in [0.15, 0.2) is 6.10 Å². The standard InChI is InChI=1S/C21H17NO6/c1-12(27-21(24)17-8-5-9-26-17)20(23)22-15-11-18-14(10-19(15)25-2)13-6-3-4-7-16(13)28-18/h3-12H,1-2H3,(H,22,23). The minimum absolute atomic E-state index is 0.0286. The third-order valence-electron chi connectivity index (χ3n) is 4.33. The molecule has 1 unspecified atom stereocenters. The summed E-state index contributed by atoms with van der Waals surface area (Å²) in [5.74, 6) is -0.723. The van der Waals surface area contributed by atoms with Crippen molar-refractivity contribution < 1.29 is 27.9 Å². The number of hydrogen-bond donors (Lipinski definition) is 1. The highest BCUT2D eigenvalue weighted by atomic mass is 16.6. The predicted octanol–water partition coefficient (Wildman–Crippen LogP) is 4.37. The van der Waals surface area contributed by atoms with Gasteiger partial charge >= 0.3 is 5.97 Å². The first-order valence-electron chi connectivity index (χ1n) is 8.61. The molecule has 4 aromatic rings. The first kappa shape index (κ1) is 17.7. The van der Waals surface area contributed by atoms with Gasteiger partial charge < -0.3 is 23.6 Å². The molecule has 0 aliphatic carbocycles. The minimum Gasteiger partial charge on any atom is -0.495 e. The molecule has 0 saturated carbocycles. The van der Waals surface area contributed by atoms with Gasteiger partial charge in [0.1, 0.15) is 16.9 Å². The number of methoxy groups -OCH3 is 1. The number of carbonyl (C=O) groups is 2. The zero-order chi connectivity index (χ0) is 19.7. The van der Waals surface area contributed by atoms with Gasteiger partial charge in [-0.15, -0.1) is 0 Å². The van der Waals surface area contributed by atoms with Crippen molar-refractivity contribution in [1.82, 2.24) is 0 Å². The molecule has 0 bridgehead atoms. The molecule has 0 aliphatic rings. The molecule has 0 aliphatic heterocycles. The summed E-state index contributed by atoms with van der Waals surface area (Å²) in [7, 11) is 1.51. The molecule has 4 rings (SSSR count). The lowest BCUT2D eigenvalue weighted by Crippen LogP contribution is -2.30. The molecule has 0 saturated heterocycles. The van der Waals surface area contributed by atoms with E-state index in [-0.39, 0.29) is 5.76 Å². The zero-order valence-corrected chi connectivity index (χ0v) is 15.2. The Morgan fingerprint density at radius 1 is 1.04 bits per heavy atom. The van der Waals surface area contributed by atoms with Gasteiger partial charge in [-0.2, -0.15) is 0 Å². The summed E-state index contributed by atoms with van der Waals surface area (Å²) in [6.45, 7) is 1.47. The Morgan fingerprint density at radius 3 is 2.61 bits per heavy atom. The highest BCUT2D eigenvalue weighted by Gasteiger charge is 2.22. The lowest BCUT2D eigenvalue weighted by atomic mass is 10.1. The van der Waals surface area contributed by atoms with Gasteiger partial charge in [-0.3, -0.25) is 4.79 Å². The fourth-order valence-corrected chi connectivity index (χ4v) is 2.92. The molecule has 2 aromatic carbocycles. The molecule has 1 N–H and O–H groups in total. The van der Waals surface area contributed by atoms with Gasteiger partial charge in [0, 0.05) is 16.8 Å². The summed E-state index contributed by atoms with van der Waals surface area (Å²) in [5.41, 5.74) is 1.77. The maximum absolute atomic E-state index is 12.5. The highest BCUT2D eigenvalue weighted by molar-refractivity contribution is 6.08. The molecule has 1 atom stereocenters. The van der Waals surface area contributed by atoms with E-state index in [1.165, 1.54) is 26.4 Å². The maximum atomic E-state index is 12.5. The second kappa shape index (κ2) is 7.11. The lowest BCUT2D eigenvalue weighted by Gasteiger charge is -2.14. The summed E-state index contributed by atoms with van der Waals surface area (Å²) in [4.78, 5) is 24.4. The van der Waals surface area contributed by atoms with Crippen molar-refractivity contribution in [3.05, 3.63) is 60.6 Å². The van der Waals surface area contributed by atoms with E-state index in [1.807, 2.05) is 24.3 Å². The number of carbonyl (C=O) groups excluding carboxylic acids is 2. The van der Waals surface area contributed by atoms with Crippen molar-refractivity contribution in [2.45, 2.75) is 13.0 Å². The van der Waals surface area contributed by atoms with Crippen molar-refractivity contribution >= 4 is 39.5 Å². The number of para-hydroxylation sites is 1. The van der Waals surface area contributed by atoms with Crippen molar-refractivity contribution in [3.63, 3.8) is 0 Å². The van der Waals surface area contributed by atoms with Crippen LogP contribution < -0.4 is 10.1 Å². The second-order valence-corrected chi connectivity index (χ2v) is 6.16. The van der Waals surface area contributed by atoms with Gasteiger partial charge in [0.25, 0.3) is 5.91 Å². The number of hydrogen-bond acceptors (Lipinski definition) is 6. The van der Waals surface area contributed by atoms with E-state index in [2.05, 4.69) is 5.32 Å². The third kappa shape index (κ3) is 3.18. The van der Waals surface area contributed by atoms with E-state index >= 15 is 0 Å². The Bertz CT molecular complexity index is 1160. The van der Waals surface area contributed by atoms with Gasteiger partial charge in [-0.1, -0.05) is 18.2 Å². The number of nitrogens with one attached hydrogen (secondary N) is 1. The summed E-state index contributed by atoms with van der Waals surface area (Å²) in [6, 6.07) is 14.2. The maximum Gasteiger partial charge on any atom is 0.374 e. The Morgan fingerprint density at radius 2 is 1.86 bits per heavy atom. The second-order valence-electron chi connectivity index (χ2n) is 6.16. The first-order chi connectivity index (χ1) is 13.6. The van der Waals surface area contributed by atoms with Crippen molar-refractivity contribution in [1.29, 1.82) is 0 Å². The van der Waals surface area contributed by atoms with Crippen LogP contribution in [0.5, 0.6) is 5.75 Å². The van der Waals surface area contributed by atoms with Crippen LogP contribution in [0.15, 0.2) is 63.6 Å². The number of ether oxygens (including phenoxy) is 2. The van der Waals surface area contributed by atoms with Gasteiger partial charge in [-0.25, -0.2) is 4.79 Å².